The largest absolute Gasteiger partial charge is 0.490 e. The van der Waals surface area contributed by atoms with E-state index in [-0.39, 0.29) is 53.6 Å². The van der Waals surface area contributed by atoms with E-state index in [1.807, 2.05) is 56.3 Å². The highest BCUT2D eigenvalue weighted by molar-refractivity contribution is 7.89. The Balaban J connectivity index is 1.42. The maximum absolute atomic E-state index is 14.5. The lowest BCUT2D eigenvalue weighted by Gasteiger charge is -2.35. The second kappa shape index (κ2) is 16.9. The van der Waals surface area contributed by atoms with E-state index >= 15 is 0 Å². The van der Waals surface area contributed by atoms with Gasteiger partial charge in [-0.1, -0.05) is 48.5 Å². The minimum absolute atomic E-state index is 0.0130. The number of hydrogen-bond donors (Lipinski definition) is 3. The molecule has 3 amide bonds. The second-order valence-corrected chi connectivity index (χ2v) is 15.5. The number of amides is 3. The summed E-state index contributed by atoms with van der Waals surface area (Å²) in [5.41, 5.74) is 1.50. The number of rotatable bonds is 8. The van der Waals surface area contributed by atoms with E-state index in [2.05, 4.69) is 15.8 Å². The molecule has 0 aliphatic carbocycles. The van der Waals surface area contributed by atoms with Gasteiger partial charge in [-0.3, -0.25) is 4.79 Å². The Morgan fingerprint density at radius 1 is 1.08 bits per heavy atom. The van der Waals surface area contributed by atoms with Gasteiger partial charge in [-0.15, -0.1) is 0 Å². The summed E-state index contributed by atoms with van der Waals surface area (Å²) in [6.07, 6.45) is 1.34. The standard InChI is InChI=1S/C38H49N5O8S/c1-24-21-43(25(2)23-44)37(45)32-20-30(39-38(46)40-33-16-11-14-29-13-7-8-15-31(29)33)17-18-34(32)50-26(3)12-9-10-19-49-35(24)22-42(6)52(47,48)36-27(4)41-51-28(36)5/h7-8,11,13-18,20,24-26,35,44H,9-10,12,19,21-23H2,1-6H3,(H2,39,40,46)/t24-,25+,26-,35-/m1/s1. The van der Waals surface area contributed by atoms with Crippen molar-refractivity contribution in [1.82, 2.24) is 14.4 Å². The lowest BCUT2D eigenvalue weighted by atomic mass is 10.0. The first-order valence-corrected chi connectivity index (χ1v) is 19.0. The third-order valence-electron chi connectivity index (χ3n) is 9.42. The van der Waals surface area contributed by atoms with Crippen LogP contribution < -0.4 is 15.4 Å². The molecule has 1 aliphatic heterocycles. The normalized spacial score (nSPS) is 19.8. The number of fused-ring (bicyclic) bond motifs is 2. The van der Waals surface area contributed by atoms with E-state index < -0.39 is 34.1 Å². The number of urea groups is 1. The van der Waals surface area contributed by atoms with E-state index in [0.717, 1.165) is 17.2 Å². The maximum Gasteiger partial charge on any atom is 0.323 e. The van der Waals surface area contributed by atoms with Crippen LogP contribution in [0.5, 0.6) is 5.75 Å². The Hall–Kier alpha value is -4.50. The number of carbonyl (C=O) groups excluding carboxylic acids is 2. The molecule has 0 radical (unpaired) electrons. The van der Waals surface area contributed by atoms with E-state index in [9.17, 15) is 23.1 Å². The number of likely N-dealkylation sites (N-methyl/N-ethyl adjacent to an activating group) is 1. The number of aryl methyl sites for hydroxylation is 2. The fourth-order valence-corrected chi connectivity index (χ4v) is 7.90. The highest BCUT2D eigenvalue weighted by Crippen LogP contribution is 2.30. The summed E-state index contributed by atoms with van der Waals surface area (Å²) >= 11 is 0. The van der Waals surface area contributed by atoms with Gasteiger partial charge < -0.3 is 34.6 Å². The number of aromatic nitrogens is 1. The van der Waals surface area contributed by atoms with E-state index in [4.69, 9.17) is 14.0 Å². The zero-order chi connectivity index (χ0) is 37.6. The van der Waals surface area contributed by atoms with Crippen molar-refractivity contribution in [3.63, 3.8) is 0 Å². The van der Waals surface area contributed by atoms with Gasteiger partial charge in [-0.2, -0.15) is 4.31 Å². The van der Waals surface area contributed by atoms with Gasteiger partial charge >= 0.3 is 6.03 Å². The second-order valence-electron chi connectivity index (χ2n) is 13.6. The molecule has 0 spiro atoms. The number of carbonyl (C=O) groups is 2. The number of aliphatic hydroxyl groups excluding tert-OH is 1. The topological polar surface area (TPSA) is 164 Å². The molecule has 4 aromatic rings. The summed E-state index contributed by atoms with van der Waals surface area (Å²) in [4.78, 5) is 29.3. The highest BCUT2D eigenvalue weighted by Gasteiger charge is 2.34. The van der Waals surface area contributed by atoms with Crippen LogP contribution in [0.3, 0.4) is 0 Å². The van der Waals surface area contributed by atoms with E-state index in [0.29, 0.717) is 36.6 Å². The number of benzene rings is 3. The average Bonchev–Trinajstić information content (AvgIpc) is 3.47. The predicted molar refractivity (Wildman–Crippen MR) is 199 cm³/mol. The minimum Gasteiger partial charge on any atom is -0.490 e. The molecule has 0 saturated heterocycles. The van der Waals surface area contributed by atoms with Crippen LogP contribution in [-0.4, -0.2) is 91.4 Å². The van der Waals surface area contributed by atoms with Crippen LogP contribution in [-0.2, 0) is 14.8 Å². The first kappa shape index (κ1) is 38.7. The quantitative estimate of drug-likeness (QED) is 0.191. The van der Waals surface area contributed by atoms with Crippen LogP contribution in [0.1, 0.15) is 61.8 Å². The Labute approximate surface area is 305 Å². The van der Waals surface area contributed by atoms with Crippen LogP contribution in [0.15, 0.2) is 70.1 Å². The molecule has 0 bridgehead atoms. The molecule has 5 rings (SSSR count). The van der Waals surface area contributed by atoms with Gasteiger partial charge in [-0.05, 0) is 76.6 Å². The molecule has 0 saturated carbocycles. The van der Waals surface area contributed by atoms with E-state index in [1.54, 1.807) is 43.9 Å². The molecule has 1 aromatic heterocycles. The molecular formula is C38H49N5O8S. The first-order valence-electron chi connectivity index (χ1n) is 17.6. The van der Waals surface area contributed by atoms with Gasteiger partial charge in [0.25, 0.3) is 5.91 Å². The van der Waals surface area contributed by atoms with Crippen molar-refractivity contribution >= 4 is 44.1 Å². The van der Waals surface area contributed by atoms with Crippen molar-refractivity contribution in [1.29, 1.82) is 0 Å². The molecule has 4 atom stereocenters. The number of nitrogens with zero attached hydrogens (tertiary/aromatic N) is 3. The predicted octanol–water partition coefficient (Wildman–Crippen LogP) is 6.20. The number of hydrogen-bond acceptors (Lipinski definition) is 9. The summed E-state index contributed by atoms with van der Waals surface area (Å²) in [5.74, 6) is -0.219. The molecule has 3 aromatic carbocycles. The summed E-state index contributed by atoms with van der Waals surface area (Å²) in [7, 11) is -2.47. The Morgan fingerprint density at radius 3 is 2.56 bits per heavy atom. The van der Waals surface area contributed by atoms with Crippen LogP contribution in [0.2, 0.25) is 0 Å². The van der Waals surface area contributed by atoms with Crippen molar-refractivity contribution in [2.45, 2.75) is 77.0 Å². The molecule has 1 aliphatic rings. The zero-order valence-corrected chi connectivity index (χ0v) is 31.4. The van der Waals surface area contributed by atoms with Crippen LogP contribution in [0.25, 0.3) is 10.8 Å². The van der Waals surface area contributed by atoms with Gasteiger partial charge in [0.2, 0.25) is 10.0 Å². The minimum atomic E-state index is -3.96. The molecule has 52 heavy (non-hydrogen) atoms. The lowest BCUT2D eigenvalue weighted by Crippen LogP contribution is -2.48. The summed E-state index contributed by atoms with van der Waals surface area (Å²) < 4.78 is 46.2. The summed E-state index contributed by atoms with van der Waals surface area (Å²) in [6.45, 7) is 8.92. The third kappa shape index (κ3) is 8.92. The monoisotopic (exact) mass is 735 g/mol. The molecule has 280 valence electrons. The van der Waals surface area contributed by atoms with Crippen molar-refractivity contribution in [3.05, 3.63) is 77.7 Å². The van der Waals surface area contributed by atoms with Crippen molar-refractivity contribution in [2.24, 2.45) is 5.92 Å². The third-order valence-corrected chi connectivity index (χ3v) is 11.5. The van der Waals surface area contributed by atoms with Crippen LogP contribution in [0.4, 0.5) is 16.2 Å². The van der Waals surface area contributed by atoms with Crippen molar-refractivity contribution < 1.29 is 37.1 Å². The average molecular weight is 736 g/mol. The molecule has 14 heteroatoms. The first-order chi connectivity index (χ1) is 24.8. The Kier molecular flexibility index (Phi) is 12.6. The highest BCUT2D eigenvalue weighted by atomic mass is 32.2. The molecule has 2 heterocycles. The maximum atomic E-state index is 14.5. The molecule has 0 unspecified atom stereocenters. The molecule has 13 nitrogen and oxygen atoms in total. The van der Waals surface area contributed by atoms with Gasteiger partial charge in [0, 0.05) is 43.7 Å². The number of anilines is 2. The zero-order valence-electron chi connectivity index (χ0n) is 30.6. The lowest BCUT2D eigenvalue weighted by molar-refractivity contribution is -0.00835. The Bertz CT molecular complexity index is 1960. The summed E-state index contributed by atoms with van der Waals surface area (Å²) in [5, 5.41) is 21.7. The molecule has 0 fully saturated rings. The number of ether oxygens (including phenoxy) is 2. The van der Waals surface area contributed by atoms with Crippen molar-refractivity contribution in [3.8, 4) is 5.75 Å². The molecular weight excluding hydrogens is 687 g/mol. The van der Waals surface area contributed by atoms with Gasteiger partial charge in [0.1, 0.15) is 16.3 Å². The van der Waals surface area contributed by atoms with Crippen molar-refractivity contribution in [2.75, 3.05) is 44.0 Å². The number of aliphatic hydroxyl groups is 1. The molecule has 3 N–H and O–H groups in total. The van der Waals surface area contributed by atoms with E-state index in [1.165, 1.54) is 11.4 Å². The van der Waals surface area contributed by atoms with Crippen LogP contribution in [0, 0.1) is 19.8 Å². The fraction of sp³-hybridized carbons (Fsp3) is 0.447. The Morgan fingerprint density at radius 2 is 1.83 bits per heavy atom. The van der Waals surface area contributed by atoms with Gasteiger partial charge in [-0.25, -0.2) is 13.2 Å². The van der Waals surface area contributed by atoms with Gasteiger partial charge in [0.15, 0.2) is 5.76 Å². The van der Waals surface area contributed by atoms with Crippen LogP contribution >= 0.6 is 0 Å². The smallest absolute Gasteiger partial charge is 0.323 e. The van der Waals surface area contributed by atoms with Gasteiger partial charge in [0.05, 0.1) is 36.1 Å². The fourth-order valence-electron chi connectivity index (χ4n) is 6.43. The number of sulfonamides is 1. The SMILES string of the molecule is Cc1noc(C)c1S(=O)(=O)N(C)C[C@H]1OCCCC[C@@H](C)Oc2ccc(NC(=O)Nc3cccc4ccccc34)cc2C(=O)N([C@@H](C)CO)C[C@H]1C. The number of nitrogens with one attached hydrogen (secondary N) is 2. The summed E-state index contributed by atoms with van der Waals surface area (Å²) in [6, 6.07) is 17.2.